The normalized spacial score (nSPS) is 12.0. The Morgan fingerprint density at radius 2 is 1.49 bits per heavy atom. The molecule has 1 atom stereocenters. The fourth-order valence-electron chi connectivity index (χ4n) is 4.51. The minimum atomic E-state index is -4.15. The van der Waals surface area contributed by atoms with Gasteiger partial charge in [0, 0.05) is 13.1 Å². The number of ether oxygens (including phenoxy) is 2. The summed E-state index contributed by atoms with van der Waals surface area (Å²) in [5.74, 6) is 0.675. The summed E-state index contributed by atoms with van der Waals surface area (Å²) in [5.41, 5.74) is 1.99. The Morgan fingerprint density at radius 1 is 0.884 bits per heavy atom. The average Bonchev–Trinajstić information content (AvgIpc) is 2.99. The number of sulfonamides is 1. The van der Waals surface area contributed by atoms with Crippen LogP contribution in [0.1, 0.15) is 45.2 Å². The molecule has 0 heterocycles. The van der Waals surface area contributed by atoms with Crippen molar-refractivity contribution in [2.45, 2.75) is 58.5 Å². The van der Waals surface area contributed by atoms with Crippen molar-refractivity contribution in [2.24, 2.45) is 5.92 Å². The van der Waals surface area contributed by atoms with Gasteiger partial charge in [0.1, 0.15) is 24.1 Å². The molecular weight excluding hydrogens is 566 g/mol. The first-order valence-corrected chi connectivity index (χ1v) is 16.0. The fraction of sp³-hybridized carbons (Fsp3) is 0.394. The van der Waals surface area contributed by atoms with Gasteiger partial charge >= 0.3 is 0 Å². The van der Waals surface area contributed by atoms with Gasteiger partial charge in [-0.15, -0.1) is 0 Å². The van der Waals surface area contributed by atoms with Gasteiger partial charge in [0.15, 0.2) is 0 Å². The van der Waals surface area contributed by atoms with Crippen LogP contribution in [-0.2, 0) is 26.2 Å². The maximum atomic E-state index is 14.2. The Hall–Kier alpha value is -4.05. The van der Waals surface area contributed by atoms with Gasteiger partial charge in [0.2, 0.25) is 11.8 Å². The number of anilines is 1. The zero-order valence-electron chi connectivity index (χ0n) is 25.9. The minimum Gasteiger partial charge on any atom is -0.497 e. The van der Waals surface area contributed by atoms with Crippen LogP contribution in [0.25, 0.3) is 0 Å². The molecule has 0 aliphatic rings. The molecular formula is C33H43N3O6S. The van der Waals surface area contributed by atoms with E-state index in [0.29, 0.717) is 36.8 Å². The van der Waals surface area contributed by atoms with Crippen molar-refractivity contribution < 1.29 is 27.5 Å². The molecule has 0 fully saturated rings. The number of carbonyl (C=O) groups is 2. The van der Waals surface area contributed by atoms with Crippen LogP contribution in [0.4, 0.5) is 5.69 Å². The van der Waals surface area contributed by atoms with E-state index in [2.05, 4.69) is 5.32 Å². The molecule has 0 bridgehead atoms. The molecule has 0 aliphatic carbocycles. The Balaban J connectivity index is 2.04. The first-order valence-electron chi connectivity index (χ1n) is 14.5. The number of carbonyl (C=O) groups excluding carboxylic acids is 2. The number of nitrogens with zero attached hydrogens (tertiary/aromatic N) is 2. The first-order chi connectivity index (χ1) is 20.5. The standard InChI is InChI=1S/C33H43N3O6S/c1-7-31(33(38)34-21-24(3)4)35(22-26-11-15-28(41-6)16-12-26)32(37)23-36(27-13-17-29(18-14-27)42-8-2)43(39,40)30-19-9-25(5)10-20-30/h9-20,24,31H,7-8,21-23H2,1-6H3,(H,34,38). The molecule has 1 N–H and O–H groups in total. The lowest BCUT2D eigenvalue weighted by Gasteiger charge is -2.33. The molecule has 3 rings (SSSR count). The van der Waals surface area contributed by atoms with Gasteiger partial charge in [-0.1, -0.05) is 50.6 Å². The van der Waals surface area contributed by atoms with Crippen molar-refractivity contribution >= 4 is 27.5 Å². The highest BCUT2D eigenvalue weighted by Gasteiger charge is 2.33. The van der Waals surface area contributed by atoms with E-state index in [4.69, 9.17) is 9.47 Å². The van der Waals surface area contributed by atoms with Gasteiger partial charge in [0.05, 0.1) is 24.3 Å². The van der Waals surface area contributed by atoms with Gasteiger partial charge in [-0.3, -0.25) is 13.9 Å². The van der Waals surface area contributed by atoms with Crippen LogP contribution in [0.3, 0.4) is 0 Å². The van der Waals surface area contributed by atoms with Crippen molar-refractivity contribution in [2.75, 3.05) is 31.1 Å². The quantitative estimate of drug-likeness (QED) is 0.255. The molecule has 0 radical (unpaired) electrons. The molecule has 0 aromatic heterocycles. The van der Waals surface area contributed by atoms with Crippen LogP contribution in [0.15, 0.2) is 77.7 Å². The van der Waals surface area contributed by atoms with Crippen LogP contribution < -0.4 is 19.1 Å². The van der Waals surface area contributed by atoms with Crippen molar-refractivity contribution in [1.29, 1.82) is 0 Å². The largest absolute Gasteiger partial charge is 0.497 e. The molecule has 43 heavy (non-hydrogen) atoms. The van der Waals surface area contributed by atoms with Crippen LogP contribution in [-0.4, -0.2) is 58.0 Å². The van der Waals surface area contributed by atoms with E-state index in [1.165, 1.54) is 17.0 Å². The third kappa shape index (κ3) is 8.97. The maximum Gasteiger partial charge on any atom is 0.264 e. The summed E-state index contributed by atoms with van der Waals surface area (Å²) in [6.45, 7) is 10.1. The molecule has 2 amide bonds. The predicted molar refractivity (Wildman–Crippen MR) is 169 cm³/mol. The number of amides is 2. The third-order valence-corrected chi connectivity index (χ3v) is 8.69. The number of aryl methyl sites for hydroxylation is 1. The number of rotatable bonds is 15. The lowest BCUT2D eigenvalue weighted by atomic mass is 10.1. The summed E-state index contributed by atoms with van der Waals surface area (Å²) in [5, 5.41) is 2.94. The van der Waals surface area contributed by atoms with E-state index in [1.807, 2.05) is 46.8 Å². The molecule has 0 spiro atoms. The van der Waals surface area contributed by atoms with Crippen molar-refractivity contribution in [3.63, 3.8) is 0 Å². The van der Waals surface area contributed by atoms with Gasteiger partial charge in [-0.25, -0.2) is 8.42 Å². The lowest BCUT2D eigenvalue weighted by molar-refractivity contribution is -0.140. The summed E-state index contributed by atoms with van der Waals surface area (Å²) in [6.07, 6.45) is 0.347. The summed E-state index contributed by atoms with van der Waals surface area (Å²) in [7, 11) is -2.58. The van der Waals surface area contributed by atoms with Gasteiger partial charge < -0.3 is 19.7 Å². The number of hydrogen-bond donors (Lipinski definition) is 1. The van der Waals surface area contributed by atoms with E-state index in [1.54, 1.807) is 55.6 Å². The highest BCUT2D eigenvalue weighted by atomic mass is 32.2. The second-order valence-electron chi connectivity index (χ2n) is 10.7. The van der Waals surface area contributed by atoms with E-state index >= 15 is 0 Å². The highest BCUT2D eigenvalue weighted by Crippen LogP contribution is 2.27. The second kappa shape index (κ2) is 15.4. The SMILES string of the molecule is CCOc1ccc(N(CC(=O)N(Cc2ccc(OC)cc2)C(CC)C(=O)NCC(C)C)S(=O)(=O)c2ccc(C)cc2)cc1. The molecule has 1 unspecified atom stereocenters. The lowest BCUT2D eigenvalue weighted by Crippen LogP contribution is -2.52. The molecule has 3 aromatic carbocycles. The summed E-state index contributed by atoms with van der Waals surface area (Å²) >= 11 is 0. The van der Waals surface area contributed by atoms with Gasteiger partial charge in [0.25, 0.3) is 10.0 Å². The topological polar surface area (TPSA) is 105 Å². The predicted octanol–water partition coefficient (Wildman–Crippen LogP) is 5.18. The zero-order valence-corrected chi connectivity index (χ0v) is 26.7. The monoisotopic (exact) mass is 609 g/mol. The molecule has 10 heteroatoms. The van der Waals surface area contributed by atoms with Crippen molar-refractivity contribution in [1.82, 2.24) is 10.2 Å². The van der Waals surface area contributed by atoms with E-state index in [0.717, 1.165) is 15.4 Å². The Labute approximate surface area is 255 Å². The average molecular weight is 610 g/mol. The number of methoxy groups -OCH3 is 1. The molecule has 9 nitrogen and oxygen atoms in total. The Morgan fingerprint density at radius 3 is 2.02 bits per heavy atom. The molecule has 0 saturated heterocycles. The number of nitrogens with one attached hydrogen (secondary N) is 1. The summed E-state index contributed by atoms with van der Waals surface area (Å²) in [4.78, 5) is 29.1. The van der Waals surface area contributed by atoms with Crippen molar-refractivity contribution in [3.05, 3.63) is 83.9 Å². The Kier molecular flexibility index (Phi) is 12.0. The number of benzene rings is 3. The second-order valence-corrected chi connectivity index (χ2v) is 12.5. The zero-order chi connectivity index (χ0) is 31.6. The van der Waals surface area contributed by atoms with E-state index in [9.17, 15) is 18.0 Å². The van der Waals surface area contributed by atoms with E-state index in [-0.39, 0.29) is 23.3 Å². The molecule has 232 valence electrons. The van der Waals surface area contributed by atoms with Gasteiger partial charge in [-0.2, -0.15) is 0 Å². The summed E-state index contributed by atoms with van der Waals surface area (Å²) in [6, 6.07) is 19.5. The third-order valence-electron chi connectivity index (χ3n) is 6.91. The molecule has 3 aromatic rings. The van der Waals surface area contributed by atoms with Crippen LogP contribution >= 0.6 is 0 Å². The highest BCUT2D eigenvalue weighted by molar-refractivity contribution is 7.92. The van der Waals surface area contributed by atoms with Crippen LogP contribution in [0.5, 0.6) is 11.5 Å². The minimum absolute atomic E-state index is 0.0585. The van der Waals surface area contributed by atoms with Crippen LogP contribution in [0, 0.1) is 12.8 Å². The maximum absolute atomic E-state index is 14.2. The number of hydrogen-bond acceptors (Lipinski definition) is 6. The summed E-state index contributed by atoms with van der Waals surface area (Å²) < 4.78 is 39.9. The smallest absolute Gasteiger partial charge is 0.264 e. The Bertz CT molecular complexity index is 1440. The molecule has 0 aliphatic heterocycles. The van der Waals surface area contributed by atoms with Gasteiger partial charge in [-0.05, 0) is 80.3 Å². The van der Waals surface area contributed by atoms with Crippen molar-refractivity contribution in [3.8, 4) is 11.5 Å². The van der Waals surface area contributed by atoms with E-state index < -0.39 is 28.5 Å². The fourth-order valence-corrected chi connectivity index (χ4v) is 5.93. The molecule has 0 saturated carbocycles. The first kappa shape index (κ1) is 33.5. The van der Waals surface area contributed by atoms with Crippen LogP contribution in [0.2, 0.25) is 0 Å².